The molecule has 1 fully saturated rings. The van der Waals surface area contributed by atoms with E-state index in [1.807, 2.05) is 13.8 Å². The highest BCUT2D eigenvalue weighted by atomic mass is 32.2. The predicted octanol–water partition coefficient (Wildman–Crippen LogP) is 1.86. The number of hydrogen-bond donors (Lipinski definition) is 2. The maximum Gasteiger partial charge on any atom is 0.303 e. The molecule has 28 heavy (non-hydrogen) atoms. The van der Waals surface area contributed by atoms with Crippen LogP contribution in [0.5, 0.6) is 0 Å². The van der Waals surface area contributed by atoms with Crippen molar-refractivity contribution in [1.29, 1.82) is 0 Å². The third-order valence-corrected chi connectivity index (χ3v) is 6.34. The zero-order chi connectivity index (χ0) is 20.7. The molecule has 0 saturated carbocycles. The van der Waals surface area contributed by atoms with Crippen LogP contribution in [0.25, 0.3) is 0 Å². The van der Waals surface area contributed by atoms with Gasteiger partial charge in [-0.2, -0.15) is 4.31 Å². The molecule has 1 heterocycles. The molecule has 8 nitrogen and oxygen atoms in total. The molecule has 0 aliphatic carbocycles. The van der Waals surface area contributed by atoms with Gasteiger partial charge in [-0.15, -0.1) is 0 Å². The van der Waals surface area contributed by atoms with Gasteiger partial charge in [-0.25, -0.2) is 8.42 Å². The first-order valence-corrected chi connectivity index (χ1v) is 10.9. The molecular formula is C19H28N2O6S. The normalized spacial score (nSPS) is 20.6. The summed E-state index contributed by atoms with van der Waals surface area (Å²) in [6.45, 7) is 4.73. The summed E-state index contributed by atoms with van der Waals surface area (Å²) in [6.07, 6.45) is 1.79. The third kappa shape index (κ3) is 6.29. The van der Waals surface area contributed by atoms with E-state index in [2.05, 4.69) is 5.32 Å². The van der Waals surface area contributed by atoms with E-state index in [0.717, 1.165) is 6.42 Å². The largest absolute Gasteiger partial charge is 0.481 e. The first kappa shape index (κ1) is 22.3. The first-order chi connectivity index (χ1) is 13.2. The third-order valence-electron chi connectivity index (χ3n) is 4.49. The molecule has 0 radical (unpaired) electrons. The molecule has 2 unspecified atom stereocenters. The van der Waals surface area contributed by atoms with Crippen LogP contribution in [0.4, 0.5) is 0 Å². The SMILES string of the molecule is CC1CN(S(=O)(=O)c2ccc(C(=O)NCCCCCC(=O)O)cc2)CC(C)O1. The van der Waals surface area contributed by atoms with E-state index in [0.29, 0.717) is 38.0 Å². The van der Waals surface area contributed by atoms with Crippen molar-refractivity contribution < 1.29 is 27.9 Å². The van der Waals surface area contributed by atoms with Gasteiger partial charge in [0.1, 0.15) is 0 Å². The fraction of sp³-hybridized carbons (Fsp3) is 0.579. The van der Waals surface area contributed by atoms with Gasteiger partial charge in [-0.05, 0) is 51.0 Å². The van der Waals surface area contributed by atoms with Gasteiger partial charge in [0.05, 0.1) is 17.1 Å². The van der Waals surface area contributed by atoms with Crippen molar-refractivity contribution in [2.24, 2.45) is 0 Å². The van der Waals surface area contributed by atoms with Gasteiger partial charge in [0.15, 0.2) is 0 Å². The number of carboxylic acids is 1. The molecular weight excluding hydrogens is 384 g/mol. The van der Waals surface area contributed by atoms with Gasteiger partial charge in [-0.3, -0.25) is 9.59 Å². The number of aliphatic carboxylic acids is 1. The molecule has 156 valence electrons. The number of nitrogens with zero attached hydrogens (tertiary/aromatic N) is 1. The Morgan fingerprint density at radius 3 is 2.29 bits per heavy atom. The van der Waals surface area contributed by atoms with Crippen LogP contribution in [0, 0.1) is 0 Å². The molecule has 0 bridgehead atoms. The van der Waals surface area contributed by atoms with Gasteiger partial charge in [0, 0.05) is 31.6 Å². The van der Waals surface area contributed by atoms with Crippen LogP contribution < -0.4 is 5.32 Å². The van der Waals surface area contributed by atoms with Crippen molar-refractivity contribution in [1.82, 2.24) is 9.62 Å². The molecule has 1 aliphatic rings. The number of amides is 1. The summed E-state index contributed by atoms with van der Waals surface area (Å²) in [4.78, 5) is 22.7. The van der Waals surface area contributed by atoms with Crippen LogP contribution in [0.1, 0.15) is 49.9 Å². The van der Waals surface area contributed by atoms with E-state index in [1.165, 1.54) is 28.6 Å². The lowest BCUT2D eigenvalue weighted by Crippen LogP contribution is -2.48. The van der Waals surface area contributed by atoms with Crippen LogP contribution in [-0.4, -0.2) is 61.5 Å². The van der Waals surface area contributed by atoms with E-state index < -0.39 is 16.0 Å². The number of rotatable bonds is 9. The van der Waals surface area contributed by atoms with Crippen molar-refractivity contribution in [3.8, 4) is 0 Å². The van der Waals surface area contributed by atoms with E-state index in [4.69, 9.17) is 9.84 Å². The fourth-order valence-corrected chi connectivity index (χ4v) is 4.73. The fourth-order valence-electron chi connectivity index (χ4n) is 3.14. The highest BCUT2D eigenvalue weighted by Gasteiger charge is 2.32. The average molecular weight is 413 g/mol. The zero-order valence-corrected chi connectivity index (χ0v) is 17.1. The molecule has 0 aromatic heterocycles. The van der Waals surface area contributed by atoms with Crippen LogP contribution in [0.15, 0.2) is 29.2 Å². The number of morpholine rings is 1. The number of carbonyl (C=O) groups is 2. The summed E-state index contributed by atoms with van der Waals surface area (Å²) in [5.41, 5.74) is 0.383. The second-order valence-corrected chi connectivity index (χ2v) is 9.00. The number of carboxylic acid groups (broad SMARTS) is 1. The molecule has 1 amide bonds. The lowest BCUT2D eigenvalue weighted by atomic mass is 10.2. The number of hydrogen-bond acceptors (Lipinski definition) is 5. The summed E-state index contributed by atoms with van der Waals surface area (Å²) < 4.78 is 32.6. The maximum atomic E-state index is 12.8. The molecule has 1 aromatic carbocycles. The van der Waals surface area contributed by atoms with Crippen molar-refractivity contribution in [2.75, 3.05) is 19.6 Å². The van der Waals surface area contributed by atoms with Crippen LogP contribution >= 0.6 is 0 Å². The Balaban J connectivity index is 1.89. The van der Waals surface area contributed by atoms with Crippen molar-refractivity contribution in [3.05, 3.63) is 29.8 Å². The monoisotopic (exact) mass is 412 g/mol. The number of carbonyl (C=O) groups excluding carboxylic acids is 1. The Morgan fingerprint density at radius 1 is 1.11 bits per heavy atom. The smallest absolute Gasteiger partial charge is 0.303 e. The van der Waals surface area contributed by atoms with E-state index in [-0.39, 0.29) is 29.4 Å². The lowest BCUT2D eigenvalue weighted by Gasteiger charge is -2.34. The van der Waals surface area contributed by atoms with Crippen molar-refractivity contribution in [3.63, 3.8) is 0 Å². The number of unbranched alkanes of at least 4 members (excludes halogenated alkanes) is 2. The molecule has 2 rings (SSSR count). The first-order valence-electron chi connectivity index (χ1n) is 9.46. The van der Waals surface area contributed by atoms with E-state index in [9.17, 15) is 18.0 Å². The van der Waals surface area contributed by atoms with Crippen molar-refractivity contribution >= 4 is 21.9 Å². The number of nitrogens with one attached hydrogen (secondary N) is 1. The number of sulfonamides is 1. The quantitative estimate of drug-likeness (QED) is 0.599. The minimum absolute atomic E-state index is 0.130. The molecule has 9 heteroatoms. The van der Waals surface area contributed by atoms with Crippen LogP contribution in [0.2, 0.25) is 0 Å². The Kier molecular flexibility index (Phi) is 7.97. The van der Waals surface area contributed by atoms with Crippen LogP contribution in [0.3, 0.4) is 0 Å². The van der Waals surface area contributed by atoms with E-state index >= 15 is 0 Å². The average Bonchev–Trinajstić information content (AvgIpc) is 2.63. The Labute approximate surface area is 165 Å². The second-order valence-electron chi connectivity index (χ2n) is 7.06. The Hall–Kier alpha value is -1.97. The minimum atomic E-state index is -3.63. The lowest BCUT2D eigenvalue weighted by molar-refractivity contribution is -0.137. The zero-order valence-electron chi connectivity index (χ0n) is 16.3. The summed E-state index contributed by atoms with van der Waals surface area (Å²) in [5.74, 6) is -1.10. The molecule has 0 spiro atoms. The summed E-state index contributed by atoms with van der Waals surface area (Å²) in [5, 5.41) is 11.3. The van der Waals surface area contributed by atoms with Gasteiger partial charge in [-0.1, -0.05) is 6.42 Å². The van der Waals surface area contributed by atoms with Gasteiger partial charge in [0.2, 0.25) is 10.0 Å². The van der Waals surface area contributed by atoms with Gasteiger partial charge in [0.25, 0.3) is 5.91 Å². The van der Waals surface area contributed by atoms with E-state index in [1.54, 1.807) is 0 Å². The second kappa shape index (κ2) is 9.99. The van der Waals surface area contributed by atoms with Gasteiger partial charge < -0.3 is 15.2 Å². The predicted molar refractivity (Wildman–Crippen MR) is 104 cm³/mol. The minimum Gasteiger partial charge on any atom is -0.481 e. The Morgan fingerprint density at radius 2 is 1.71 bits per heavy atom. The highest BCUT2D eigenvalue weighted by Crippen LogP contribution is 2.21. The maximum absolute atomic E-state index is 12.8. The molecule has 1 aliphatic heterocycles. The summed E-state index contributed by atoms with van der Waals surface area (Å²) in [7, 11) is -3.63. The summed E-state index contributed by atoms with van der Waals surface area (Å²) in [6, 6.07) is 5.89. The summed E-state index contributed by atoms with van der Waals surface area (Å²) >= 11 is 0. The number of benzene rings is 1. The van der Waals surface area contributed by atoms with Crippen LogP contribution in [-0.2, 0) is 19.6 Å². The molecule has 2 atom stereocenters. The molecule has 2 N–H and O–H groups in total. The standard InChI is InChI=1S/C19H28N2O6S/c1-14-12-21(13-15(2)27-14)28(25,26)17-9-7-16(8-10-17)19(24)20-11-5-3-4-6-18(22)23/h7-10,14-15H,3-6,11-13H2,1-2H3,(H,20,24)(H,22,23). The molecule has 1 aromatic rings. The van der Waals surface area contributed by atoms with Crippen molar-refractivity contribution in [2.45, 2.75) is 56.6 Å². The number of ether oxygens (including phenoxy) is 1. The Bertz CT molecular complexity index is 768. The van der Waals surface area contributed by atoms with Gasteiger partial charge >= 0.3 is 5.97 Å². The molecule has 1 saturated heterocycles. The topological polar surface area (TPSA) is 113 Å². The highest BCUT2D eigenvalue weighted by molar-refractivity contribution is 7.89.